The monoisotopic (exact) mass is 391 g/mol. The first kappa shape index (κ1) is 19.5. The Labute approximate surface area is 172 Å². The Kier molecular flexibility index (Phi) is 4.85. The zero-order chi connectivity index (χ0) is 20.8. The van der Waals surface area contributed by atoms with Crippen LogP contribution in [0.15, 0.2) is 53.8 Å². The quantitative estimate of drug-likeness (QED) is 0.861. The van der Waals surface area contributed by atoms with E-state index < -0.39 is 5.54 Å². The number of carbonyl (C=O) groups is 1. The molecule has 4 rings (SSSR count). The highest BCUT2D eigenvalue weighted by Gasteiger charge is 2.37. The average molecular weight is 392 g/mol. The van der Waals surface area contributed by atoms with Crippen molar-refractivity contribution < 1.29 is 4.79 Å². The predicted octanol–water partition coefficient (Wildman–Crippen LogP) is 3.95. The number of pyridine rings is 1. The number of hydrogen-bond donors (Lipinski definition) is 1. The number of amides is 2. The van der Waals surface area contributed by atoms with Crippen molar-refractivity contribution in [1.29, 1.82) is 0 Å². The van der Waals surface area contributed by atoms with Gasteiger partial charge in [0, 0.05) is 37.3 Å². The second kappa shape index (κ2) is 7.21. The molecule has 2 aliphatic heterocycles. The van der Waals surface area contributed by atoms with Crippen molar-refractivity contribution in [2.45, 2.75) is 45.2 Å². The molecular weight excluding hydrogens is 362 g/mol. The lowest BCUT2D eigenvalue weighted by Gasteiger charge is -2.43. The van der Waals surface area contributed by atoms with E-state index in [2.05, 4.69) is 18.0 Å². The summed E-state index contributed by atoms with van der Waals surface area (Å²) in [7, 11) is 0. The van der Waals surface area contributed by atoms with Crippen molar-refractivity contribution in [1.82, 2.24) is 14.8 Å². The van der Waals surface area contributed by atoms with Crippen LogP contribution in [-0.4, -0.2) is 28.6 Å². The van der Waals surface area contributed by atoms with Gasteiger partial charge in [-0.1, -0.05) is 36.4 Å². The fraction of sp³-hybridized carbons (Fsp3) is 0.417. The number of rotatable bonds is 3. The highest BCUT2D eigenvalue weighted by molar-refractivity contribution is 5.75. The molecule has 3 heterocycles. The van der Waals surface area contributed by atoms with Gasteiger partial charge in [0.25, 0.3) is 5.56 Å². The number of nitrogens with zero attached hydrogens (tertiary/aromatic N) is 2. The number of urea groups is 1. The number of hydrogen-bond acceptors (Lipinski definition) is 2. The standard InChI is InChI=1S/C24H29N3O2/c1-16(2)18-7-5-8-20(12-18)24(3,4)25-23(29)26-13-17-11-19(15-26)21-9-6-10-22(28)27(21)14-17/h5-10,12,17,19H,1,11,13-15H2,2-4H3,(H,25,29)/t17-,19+/m1/s1. The zero-order valence-corrected chi connectivity index (χ0v) is 17.4. The Bertz CT molecular complexity index is 1020. The van der Waals surface area contributed by atoms with Crippen molar-refractivity contribution in [2.24, 2.45) is 5.92 Å². The molecule has 2 bridgehead atoms. The fourth-order valence-corrected chi connectivity index (χ4v) is 4.65. The molecule has 0 aliphatic carbocycles. The van der Waals surface area contributed by atoms with E-state index in [4.69, 9.17) is 0 Å². The molecule has 5 heteroatoms. The molecule has 2 amide bonds. The van der Waals surface area contributed by atoms with Gasteiger partial charge in [-0.3, -0.25) is 4.79 Å². The van der Waals surface area contributed by atoms with Gasteiger partial charge < -0.3 is 14.8 Å². The van der Waals surface area contributed by atoms with Gasteiger partial charge in [-0.05, 0) is 56.4 Å². The largest absolute Gasteiger partial charge is 0.329 e. The van der Waals surface area contributed by atoms with Crippen LogP contribution in [0.5, 0.6) is 0 Å². The van der Waals surface area contributed by atoms with E-state index in [1.165, 1.54) is 0 Å². The van der Waals surface area contributed by atoms with Crippen LogP contribution in [0.2, 0.25) is 0 Å². The molecule has 0 saturated carbocycles. The van der Waals surface area contributed by atoms with Gasteiger partial charge >= 0.3 is 6.03 Å². The summed E-state index contributed by atoms with van der Waals surface area (Å²) in [5.41, 5.74) is 3.77. The van der Waals surface area contributed by atoms with E-state index in [9.17, 15) is 9.59 Å². The normalized spacial score (nSPS) is 20.7. The third-order valence-electron chi connectivity index (χ3n) is 6.26. The van der Waals surface area contributed by atoms with E-state index in [0.717, 1.165) is 28.8 Å². The molecule has 1 N–H and O–H groups in total. The smallest absolute Gasteiger partial charge is 0.318 e. The van der Waals surface area contributed by atoms with Crippen LogP contribution < -0.4 is 10.9 Å². The molecule has 2 atom stereocenters. The van der Waals surface area contributed by atoms with Crippen molar-refractivity contribution in [3.63, 3.8) is 0 Å². The second-order valence-corrected chi connectivity index (χ2v) is 9.02. The van der Waals surface area contributed by atoms with Crippen LogP contribution in [-0.2, 0) is 12.1 Å². The molecule has 5 nitrogen and oxygen atoms in total. The van der Waals surface area contributed by atoms with Crippen molar-refractivity contribution >= 4 is 11.6 Å². The first-order valence-electron chi connectivity index (χ1n) is 10.3. The summed E-state index contributed by atoms with van der Waals surface area (Å²) in [6, 6.07) is 13.6. The number of benzene rings is 1. The number of piperidine rings is 1. The lowest BCUT2D eigenvalue weighted by atomic mass is 9.83. The Morgan fingerprint density at radius 3 is 2.66 bits per heavy atom. The van der Waals surface area contributed by atoms with Crippen molar-refractivity contribution in [2.75, 3.05) is 13.1 Å². The lowest BCUT2D eigenvalue weighted by Crippen LogP contribution is -2.54. The number of likely N-dealkylation sites (tertiary alicyclic amines) is 1. The molecule has 152 valence electrons. The molecule has 1 aromatic heterocycles. The number of carbonyl (C=O) groups excluding carboxylic acids is 1. The third kappa shape index (κ3) is 3.74. The maximum absolute atomic E-state index is 13.1. The van der Waals surface area contributed by atoms with Crippen molar-refractivity contribution in [3.8, 4) is 0 Å². The first-order chi connectivity index (χ1) is 13.7. The van der Waals surface area contributed by atoms with Crippen LogP contribution in [0.25, 0.3) is 5.57 Å². The molecule has 0 spiro atoms. The van der Waals surface area contributed by atoms with Crippen molar-refractivity contribution in [3.05, 3.63) is 76.2 Å². The first-order valence-corrected chi connectivity index (χ1v) is 10.3. The molecule has 0 radical (unpaired) electrons. The van der Waals surface area contributed by atoms with Crippen LogP contribution in [0.3, 0.4) is 0 Å². The number of nitrogens with one attached hydrogen (secondary N) is 1. The Morgan fingerprint density at radius 2 is 1.90 bits per heavy atom. The highest BCUT2D eigenvalue weighted by atomic mass is 16.2. The second-order valence-electron chi connectivity index (χ2n) is 9.02. The summed E-state index contributed by atoms with van der Waals surface area (Å²) >= 11 is 0. The summed E-state index contributed by atoms with van der Waals surface area (Å²) in [6.45, 7) is 12.1. The molecule has 2 aliphatic rings. The van der Waals surface area contributed by atoms with Gasteiger partial charge in [0.05, 0.1) is 5.54 Å². The van der Waals surface area contributed by atoms with Gasteiger partial charge in [0.1, 0.15) is 0 Å². The van der Waals surface area contributed by atoms with Gasteiger partial charge in [-0.2, -0.15) is 0 Å². The van der Waals surface area contributed by atoms with E-state index in [1.807, 2.05) is 60.6 Å². The predicted molar refractivity (Wildman–Crippen MR) is 116 cm³/mol. The highest BCUT2D eigenvalue weighted by Crippen LogP contribution is 2.35. The molecule has 1 saturated heterocycles. The Balaban J connectivity index is 1.52. The molecule has 1 fully saturated rings. The Hall–Kier alpha value is -2.82. The molecule has 0 unspecified atom stereocenters. The minimum absolute atomic E-state index is 0.0443. The molecule has 29 heavy (non-hydrogen) atoms. The molecule has 1 aromatic carbocycles. The Morgan fingerprint density at radius 1 is 1.14 bits per heavy atom. The van der Waals surface area contributed by atoms with Gasteiger partial charge in [-0.15, -0.1) is 0 Å². The molecular formula is C24H29N3O2. The molecule has 2 aromatic rings. The number of fused-ring (bicyclic) bond motifs is 4. The maximum Gasteiger partial charge on any atom is 0.318 e. The maximum atomic E-state index is 13.1. The fourth-order valence-electron chi connectivity index (χ4n) is 4.65. The van der Waals surface area contributed by atoms with Gasteiger partial charge in [0.2, 0.25) is 0 Å². The van der Waals surface area contributed by atoms with Crippen LogP contribution in [0, 0.1) is 5.92 Å². The summed E-state index contributed by atoms with van der Waals surface area (Å²) in [5, 5.41) is 3.22. The van der Waals surface area contributed by atoms with E-state index >= 15 is 0 Å². The minimum Gasteiger partial charge on any atom is -0.329 e. The van der Waals surface area contributed by atoms with E-state index in [-0.39, 0.29) is 17.5 Å². The third-order valence-corrected chi connectivity index (χ3v) is 6.26. The van der Waals surface area contributed by atoms with Gasteiger partial charge in [-0.25, -0.2) is 4.79 Å². The number of aromatic nitrogens is 1. The zero-order valence-electron chi connectivity index (χ0n) is 17.4. The van der Waals surface area contributed by atoms with Gasteiger partial charge in [0.15, 0.2) is 0 Å². The summed E-state index contributed by atoms with van der Waals surface area (Å²) in [4.78, 5) is 27.3. The van der Waals surface area contributed by atoms with Crippen LogP contribution >= 0.6 is 0 Å². The van der Waals surface area contributed by atoms with Crippen LogP contribution in [0.1, 0.15) is 49.9 Å². The minimum atomic E-state index is -0.496. The SMILES string of the molecule is C=C(C)c1cccc(C(C)(C)NC(=O)N2C[C@H]3C[C@@H](C2)c2cccc(=O)n2C3)c1. The van der Waals surface area contributed by atoms with E-state index in [1.54, 1.807) is 6.07 Å². The average Bonchev–Trinajstić information content (AvgIpc) is 2.68. The van der Waals surface area contributed by atoms with Crippen LogP contribution in [0.4, 0.5) is 4.79 Å². The summed E-state index contributed by atoms with van der Waals surface area (Å²) in [5.74, 6) is 0.541. The topological polar surface area (TPSA) is 54.3 Å². The summed E-state index contributed by atoms with van der Waals surface area (Å²) in [6.07, 6.45) is 1.04. The number of allylic oxidation sites excluding steroid dienone is 1. The summed E-state index contributed by atoms with van der Waals surface area (Å²) < 4.78 is 1.89. The lowest BCUT2D eigenvalue weighted by molar-refractivity contribution is 0.125. The van der Waals surface area contributed by atoms with E-state index in [0.29, 0.717) is 25.6 Å².